The van der Waals surface area contributed by atoms with Gasteiger partial charge in [0.15, 0.2) is 0 Å². The van der Waals surface area contributed by atoms with Crippen molar-refractivity contribution in [2.45, 2.75) is 5.92 Å². The summed E-state index contributed by atoms with van der Waals surface area (Å²) in [5, 5.41) is 10.4. The summed E-state index contributed by atoms with van der Waals surface area (Å²) in [6.07, 6.45) is 0. The van der Waals surface area contributed by atoms with Crippen LogP contribution >= 0.6 is 0 Å². The zero-order valence-electron chi connectivity index (χ0n) is 13.9. The molecule has 0 saturated heterocycles. The van der Waals surface area contributed by atoms with Crippen molar-refractivity contribution < 1.29 is 13.9 Å². The summed E-state index contributed by atoms with van der Waals surface area (Å²) in [6, 6.07) is 16.5. The van der Waals surface area contributed by atoms with Crippen molar-refractivity contribution in [1.82, 2.24) is 0 Å². The van der Waals surface area contributed by atoms with E-state index < -0.39 is 11.5 Å². The summed E-state index contributed by atoms with van der Waals surface area (Å²) >= 11 is 0. The summed E-state index contributed by atoms with van der Waals surface area (Å²) < 4.78 is 16.0. The lowest BCUT2D eigenvalue weighted by Gasteiger charge is -2.26. The summed E-state index contributed by atoms with van der Waals surface area (Å²) in [6.45, 7) is 0. The minimum Gasteiger partial charge on any atom is -0.497 e. The molecule has 0 spiro atoms. The smallest absolute Gasteiger partial charge is 0.380 e. The van der Waals surface area contributed by atoms with Crippen molar-refractivity contribution in [1.29, 1.82) is 5.26 Å². The molecule has 0 unspecified atom stereocenters. The van der Waals surface area contributed by atoms with E-state index in [1.165, 1.54) is 0 Å². The van der Waals surface area contributed by atoms with E-state index in [0.717, 1.165) is 5.56 Å². The molecule has 0 saturated carbocycles. The van der Waals surface area contributed by atoms with Crippen LogP contribution in [0.15, 0.2) is 69.2 Å². The van der Waals surface area contributed by atoms with E-state index in [-0.39, 0.29) is 17.2 Å². The molecule has 26 heavy (non-hydrogen) atoms. The molecular formula is C20H14N2O4. The van der Waals surface area contributed by atoms with Crippen molar-refractivity contribution in [3.05, 3.63) is 81.5 Å². The van der Waals surface area contributed by atoms with Crippen LogP contribution < -0.4 is 20.8 Å². The fraction of sp³-hybridized carbons (Fsp3) is 0.100. The molecule has 0 amide bonds. The topological polar surface area (TPSA) is 98.5 Å². The van der Waals surface area contributed by atoms with Crippen LogP contribution in [0, 0.1) is 11.3 Å². The van der Waals surface area contributed by atoms with Gasteiger partial charge in [0.1, 0.15) is 23.0 Å². The Bertz CT molecular complexity index is 1140. The van der Waals surface area contributed by atoms with Crippen molar-refractivity contribution in [2.75, 3.05) is 7.11 Å². The quantitative estimate of drug-likeness (QED) is 0.716. The van der Waals surface area contributed by atoms with E-state index in [4.69, 9.17) is 19.6 Å². The van der Waals surface area contributed by atoms with Crippen LogP contribution in [0.3, 0.4) is 0 Å². The first-order chi connectivity index (χ1) is 12.6. The normalized spacial score (nSPS) is 15.9. The number of nitrogens with two attached hydrogens (primary N) is 1. The summed E-state index contributed by atoms with van der Waals surface area (Å²) in [4.78, 5) is 12.4. The van der Waals surface area contributed by atoms with Crippen LogP contribution in [0.1, 0.15) is 17.0 Å². The lowest BCUT2D eigenvalue weighted by Crippen LogP contribution is -2.25. The minimum atomic E-state index is -0.628. The number of hydrogen-bond donors (Lipinski definition) is 1. The molecule has 0 fully saturated rings. The number of rotatable bonds is 2. The second-order valence-electron chi connectivity index (χ2n) is 5.83. The van der Waals surface area contributed by atoms with Gasteiger partial charge in [-0.05, 0) is 23.8 Å². The third-order valence-corrected chi connectivity index (χ3v) is 4.43. The molecule has 0 radical (unpaired) electrons. The van der Waals surface area contributed by atoms with Gasteiger partial charge in [0.2, 0.25) is 11.6 Å². The zero-order chi connectivity index (χ0) is 18.3. The fourth-order valence-electron chi connectivity index (χ4n) is 3.24. The molecule has 2 aromatic carbocycles. The van der Waals surface area contributed by atoms with Crippen molar-refractivity contribution in [2.24, 2.45) is 5.73 Å². The van der Waals surface area contributed by atoms with E-state index >= 15 is 0 Å². The SMILES string of the molecule is COc1ccc([C@H]2C(C#N)=C(N)Oc3c2c2ccccc2oc3=O)cc1. The lowest BCUT2D eigenvalue weighted by atomic mass is 9.82. The van der Waals surface area contributed by atoms with Crippen LogP contribution in [-0.4, -0.2) is 7.11 Å². The average molecular weight is 346 g/mol. The highest BCUT2D eigenvalue weighted by molar-refractivity contribution is 5.85. The largest absolute Gasteiger partial charge is 0.497 e. The Kier molecular flexibility index (Phi) is 3.63. The van der Waals surface area contributed by atoms with Gasteiger partial charge < -0.3 is 19.6 Å². The first-order valence-electron chi connectivity index (χ1n) is 7.91. The van der Waals surface area contributed by atoms with E-state index in [0.29, 0.717) is 22.3 Å². The summed E-state index contributed by atoms with van der Waals surface area (Å²) in [5.74, 6) is 0.0713. The van der Waals surface area contributed by atoms with Crippen LogP contribution in [0.4, 0.5) is 0 Å². The van der Waals surface area contributed by atoms with Crippen LogP contribution in [-0.2, 0) is 0 Å². The molecule has 4 rings (SSSR count). The van der Waals surface area contributed by atoms with Crippen LogP contribution in [0.2, 0.25) is 0 Å². The molecule has 0 aliphatic carbocycles. The number of methoxy groups -OCH3 is 1. The van der Waals surface area contributed by atoms with Gasteiger partial charge >= 0.3 is 5.63 Å². The maximum atomic E-state index is 12.4. The second-order valence-corrected chi connectivity index (χ2v) is 5.83. The van der Waals surface area contributed by atoms with E-state index in [9.17, 15) is 10.1 Å². The average Bonchev–Trinajstić information content (AvgIpc) is 2.67. The van der Waals surface area contributed by atoms with Gasteiger partial charge in [-0.1, -0.05) is 30.3 Å². The van der Waals surface area contributed by atoms with Crippen molar-refractivity contribution in [3.63, 3.8) is 0 Å². The first-order valence-corrected chi connectivity index (χ1v) is 7.91. The number of ether oxygens (including phenoxy) is 2. The number of hydrogen-bond acceptors (Lipinski definition) is 6. The Morgan fingerprint density at radius 2 is 1.88 bits per heavy atom. The van der Waals surface area contributed by atoms with E-state index in [1.807, 2.05) is 24.3 Å². The number of benzene rings is 2. The maximum absolute atomic E-state index is 12.4. The highest BCUT2D eigenvalue weighted by atomic mass is 16.5. The molecule has 3 aromatic rings. The van der Waals surface area contributed by atoms with Gasteiger partial charge in [0.05, 0.1) is 13.0 Å². The highest BCUT2D eigenvalue weighted by Gasteiger charge is 2.34. The number of nitriles is 1. The van der Waals surface area contributed by atoms with Gasteiger partial charge in [-0.3, -0.25) is 0 Å². The monoisotopic (exact) mass is 346 g/mol. The van der Waals surface area contributed by atoms with Gasteiger partial charge in [0, 0.05) is 10.9 Å². The Morgan fingerprint density at radius 3 is 2.58 bits per heavy atom. The number of allylic oxidation sites excluding steroid dienone is 1. The second kappa shape index (κ2) is 5.97. The molecule has 1 atom stereocenters. The Hall–Kier alpha value is -3.72. The standard InChI is InChI=1S/C20H14N2O4/c1-24-12-8-6-11(7-9-12)16-14(10-21)19(22)26-18-17(16)13-4-2-3-5-15(13)25-20(18)23/h2-9,16H,22H2,1H3/t16-/m0/s1. The van der Waals surface area contributed by atoms with Crippen LogP contribution in [0.5, 0.6) is 11.5 Å². The summed E-state index contributed by atoms with van der Waals surface area (Å²) in [7, 11) is 1.58. The Morgan fingerprint density at radius 1 is 1.15 bits per heavy atom. The molecule has 2 N–H and O–H groups in total. The van der Waals surface area contributed by atoms with Gasteiger partial charge in [-0.25, -0.2) is 4.79 Å². The zero-order valence-corrected chi connectivity index (χ0v) is 13.9. The van der Waals surface area contributed by atoms with Gasteiger partial charge in [-0.2, -0.15) is 5.26 Å². The van der Waals surface area contributed by atoms with Gasteiger partial charge in [0.25, 0.3) is 0 Å². The molecule has 6 heteroatoms. The predicted octanol–water partition coefficient (Wildman–Crippen LogP) is 3.02. The fourth-order valence-corrected chi connectivity index (χ4v) is 3.24. The Labute approximate surface area is 148 Å². The molecule has 1 aromatic heterocycles. The Balaban J connectivity index is 2.06. The maximum Gasteiger partial charge on any atom is 0.380 e. The van der Waals surface area contributed by atoms with Gasteiger partial charge in [-0.15, -0.1) is 0 Å². The minimum absolute atomic E-state index is 0.0148. The lowest BCUT2D eigenvalue weighted by molar-refractivity contribution is 0.367. The van der Waals surface area contributed by atoms with E-state index in [2.05, 4.69) is 6.07 Å². The molecule has 0 bridgehead atoms. The molecular weight excluding hydrogens is 332 g/mol. The highest BCUT2D eigenvalue weighted by Crippen LogP contribution is 2.44. The molecule has 6 nitrogen and oxygen atoms in total. The third-order valence-electron chi connectivity index (χ3n) is 4.43. The van der Waals surface area contributed by atoms with E-state index in [1.54, 1.807) is 31.4 Å². The van der Waals surface area contributed by atoms with Crippen molar-refractivity contribution >= 4 is 11.0 Å². The van der Waals surface area contributed by atoms with Crippen LogP contribution in [0.25, 0.3) is 11.0 Å². The third kappa shape index (κ3) is 2.30. The predicted molar refractivity (Wildman–Crippen MR) is 94.8 cm³/mol. The number of nitrogens with zero attached hydrogens (tertiary/aromatic N) is 1. The molecule has 128 valence electrons. The molecule has 2 heterocycles. The number of para-hydroxylation sites is 1. The number of fused-ring (bicyclic) bond motifs is 3. The van der Waals surface area contributed by atoms with Crippen molar-refractivity contribution in [3.8, 4) is 17.6 Å². The molecule has 1 aliphatic rings. The first kappa shape index (κ1) is 15.8. The summed E-state index contributed by atoms with van der Waals surface area (Å²) in [5.41, 5.74) is 7.35. The molecule has 1 aliphatic heterocycles.